The number of H-pyrrole nitrogens is 1. The number of aromatic hydroxyl groups is 1. The Bertz CT molecular complexity index is 669. The number of fused-ring (bicyclic) bond motifs is 1. The van der Waals surface area contributed by atoms with Crippen molar-refractivity contribution in [2.75, 3.05) is 0 Å². The molecule has 6 nitrogen and oxygen atoms in total. The molecule has 2 aromatic rings. The number of phenols is 1. The second-order valence-electron chi connectivity index (χ2n) is 3.24. The van der Waals surface area contributed by atoms with Crippen LogP contribution in [0.5, 0.6) is 5.75 Å². The maximum Gasteiger partial charge on any atom is 0.329 e. The van der Waals surface area contributed by atoms with E-state index in [0.717, 1.165) is 4.57 Å². The molecule has 82 valence electrons. The van der Waals surface area contributed by atoms with E-state index < -0.39 is 11.2 Å². The van der Waals surface area contributed by atoms with Gasteiger partial charge in [-0.3, -0.25) is 9.36 Å². The van der Waals surface area contributed by atoms with Crippen LogP contribution in [0.25, 0.3) is 10.9 Å². The summed E-state index contributed by atoms with van der Waals surface area (Å²) >= 11 is 0. The molecule has 6 heteroatoms. The van der Waals surface area contributed by atoms with Crippen molar-refractivity contribution in [1.82, 2.24) is 9.55 Å². The topological polar surface area (TPSA) is 92.2 Å². The fourth-order valence-corrected chi connectivity index (χ4v) is 1.48. The van der Waals surface area contributed by atoms with E-state index in [1.165, 1.54) is 18.2 Å². The molecular formula is C10H8N2O4. The van der Waals surface area contributed by atoms with Crippen LogP contribution in [0.2, 0.25) is 0 Å². The summed E-state index contributed by atoms with van der Waals surface area (Å²) in [6.07, 6.45) is 0.464. The van der Waals surface area contributed by atoms with Crippen molar-refractivity contribution < 1.29 is 9.90 Å². The second-order valence-corrected chi connectivity index (χ2v) is 3.24. The van der Waals surface area contributed by atoms with E-state index in [0.29, 0.717) is 11.8 Å². The first-order chi connectivity index (χ1) is 7.63. The molecule has 2 N–H and O–H groups in total. The number of aromatic nitrogens is 2. The highest BCUT2D eigenvalue weighted by molar-refractivity contribution is 5.78. The van der Waals surface area contributed by atoms with Gasteiger partial charge in [0.25, 0.3) is 5.56 Å². The summed E-state index contributed by atoms with van der Waals surface area (Å²) in [5.41, 5.74) is -0.910. The number of phenolic OH excluding ortho intramolecular Hbond substituents is 1. The maximum atomic E-state index is 11.8. The van der Waals surface area contributed by atoms with Crippen LogP contribution in [0, 0.1) is 0 Å². The van der Waals surface area contributed by atoms with Gasteiger partial charge in [-0.25, -0.2) is 4.79 Å². The van der Waals surface area contributed by atoms with Crippen LogP contribution >= 0.6 is 0 Å². The first-order valence-electron chi connectivity index (χ1n) is 4.53. The number of carbonyl (C=O) groups excluding carboxylic acids is 1. The van der Waals surface area contributed by atoms with Crippen LogP contribution in [0.4, 0.5) is 0 Å². The zero-order valence-corrected chi connectivity index (χ0v) is 8.14. The number of hydrogen-bond acceptors (Lipinski definition) is 4. The number of rotatable bonds is 2. The molecule has 0 saturated heterocycles. The zero-order chi connectivity index (χ0) is 11.7. The molecule has 0 atom stereocenters. The Morgan fingerprint density at radius 1 is 1.38 bits per heavy atom. The lowest BCUT2D eigenvalue weighted by Gasteiger charge is -2.02. The molecular weight excluding hydrogens is 212 g/mol. The minimum Gasteiger partial charge on any atom is -0.508 e. The van der Waals surface area contributed by atoms with Crippen molar-refractivity contribution in [2.24, 2.45) is 0 Å². The number of benzene rings is 1. The van der Waals surface area contributed by atoms with E-state index in [4.69, 9.17) is 0 Å². The van der Waals surface area contributed by atoms with Gasteiger partial charge in [0.05, 0.1) is 17.4 Å². The van der Waals surface area contributed by atoms with Crippen molar-refractivity contribution in [3.63, 3.8) is 0 Å². The summed E-state index contributed by atoms with van der Waals surface area (Å²) in [5, 5.41) is 9.40. The molecule has 1 heterocycles. The van der Waals surface area contributed by atoms with Crippen molar-refractivity contribution in [2.45, 2.75) is 6.54 Å². The number of hydrogen-bond donors (Lipinski definition) is 2. The molecule has 0 aliphatic rings. The Labute approximate surface area is 88.8 Å². The second kappa shape index (κ2) is 3.65. The molecule has 0 bridgehead atoms. The van der Waals surface area contributed by atoms with Gasteiger partial charge >= 0.3 is 5.69 Å². The Balaban J connectivity index is 2.90. The highest BCUT2D eigenvalue weighted by Crippen LogP contribution is 2.13. The van der Waals surface area contributed by atoms with E-state index >= 15 is 0 Å². The van der Waals surface area contributed by atoms with Gasteiger partial charge in [-0.1, -0.05) is 0 Å². The molecule has 0 aliphatic heterocycles. The van der Waals surface area contributed by atoms with Crippen molar-refractivity contribution >= 4 is 17.2 Å². The molecule has 0 saturated carbocycles. The van der Waals surface area contributed by atoms with E-state index in [1.54, 1.807) is 0 Å². The lowest BCUT2D eigenvalue weighted by atomic mass is 10.2. The number of carbonyl (C=O) groups is 1. The normalized spacial score (nSPS) is 10.5. The average molecular weight is 220 g/mol. The quantitative estimate of drug-likeness (QED) is 0.673. The van der Waals surface area contributed by atoms with Crippen LogP contribution in [-0.2, 0) is 11.3 Å². The SMILES string of the molecule is O=CCn1c(=O)[nH]c2ccc(O)cc2c1=O. The van der Waals surface area contributed by atoms with Gasteiger partial charge in [-0.05, 0) is 18.2 Å². The third kappa shape index (κ3) is 1.50. The highest BCUT2D eigenvalue weighted by atomic mass is 16.3. The van der Waals surface area contributed by atoms with Gasteiger partial charge in [-0.2, -0.15) is 0 Å². The molecule has 0 fully saturated rings. The van der Waals surface area contributed by atoms with Crippen molar-refractivity contribution in [1.29, 1.82) is 0 Å². The fraction of sp³-hybridized carbons (Fsp3) is 0.100. The smallest absolute Gasteiger partial charge is 0.329 e. The summed E-state index contributed by atoms with van der Waals surface area (Å²) in [6, 6.07) is 4.04. The molecule has 0 spiro atoms. The van der Waals surface area contributed by atoms with E-state index in [1.807, 2.05) is 0 Å². The van der Waals surface area contributed by atoms with Crippen LogP contribution in [0.3, 0.4) is 0 Å². The Kier molecular flexibility index (Phi) is 2.32. The number of nitrogens with one attached hydrogen (secondary N) is 1. The lowest BCUT2D eigenvalue weighted by molar-refractivity contribution is -0.108. The summed E-state index contributed by atoms with van der Waals surface area (Å²) in [5.74, 6) is -0.0747. The monoisotopic (exact) mass is 220 g/mol. The number of aromatic amines is 1. The fourth-order valence-electron chi connectivity index (χ4n) is 1.48. The summed E-state index contributed by atoms with van der Waals surface area (Å²) in [4.78, 5) is 35.9. The summed E-state index contributed by atoms with van der Waals surface area (Å²) < 4.78 is 0.773. The van der Waals surface area contributed by atoms with Gasteiger partial charge in [0.15, 0.2) is 0 Å². The third-order valence-corrected chi connectivity index (χ3v) is 2.22. The van der Waals surface area contributed by atoms with Crippen molar-refractivity contribution in [3.8, 4) is 5.75 Å². The maximum absolute atomic E-state index is 11.8. The standard InChI is InChI=1S/C10H8N2O4/c13-4-3-12-9(15)7-5-6(14)1-2-8(7)11-10(12)16/h1-2,4-5,14H,3H2,(H,11,16). The minimum absolute atomic E-state index is 0.0747. The van der Waals surface area contributed by atoms with E-state index in [9.17, 15) is 19.5 Å². The van der Waals surface area contributed by atoms with Gasteiger partial charge in [0.1, 0.15) is 12.0 Å². The molecule has 16 heavy (non-hydrogen) atoms. The molecule has 0 aliphatic carbocycles. The molecule has 2 rings (SSSR count). The van der Waals surface area contributed by atoms with Gasteiger partial charge < -0.3 is 14.9 Å². The van der Waals surface area contributed by atoms with Crippen LogP contribution in [-0.4, -0.2) is 20.9 Å². The largest absolute Gasteiger partial charge is 0.508 e. The predicted molar refractivity (Wildman–Crippen MR) is 56.6 cm³/mol. The van der Waals surface area contributed by atoms with Crippen LogP contribution in [0.1, 0.15) is 0 Å². The highest BCUT2D eigenvalue weighted by Gasteiger charge is 2.07. The molecule has 1 aromatic carbocycles. The molecule has 1 aromatic heterocycles. The van der Waals surface area contributed by atoms with Crippen LogP contribution in [0.15, 0.2) is 27.8 Å². The molecule has 0 radical (unpaired) electrons. The summed E-state index contributed by atoms with van der Waals surface area (Å²) in [7, 11) is 0. The van der Waals surface area contributed by atoms with Gasteiger partial charge in [0.2, 0.25) is 0 Å². The molecule has 0 amide bonds. The molecule has 0 unspecified atom stereocenters. The lowest BCUT2D eigenvalue weighted by Crippen LogP contribution is -2.35. The third-order valence-electron chi connectivity index (χ3n) is 2.22. The predicted octanol–water partition coefficient (Wildman–Crippen LogP) is -0.406. The van der Waals surface area contributed by atoms with Gasteiger partial charge in [-0.15, -0.1) is 0 Å². The summed E-state index contributed by atoms with van der Waals surface area (Å²) in [6.45, 7) is -0.306. The Hall–Kier alpha value is -2.37. The Morgan fingerprint density at radius 2 is 2.12 bits per heavy atom. The minimum atomic E-state index is -0.643. The zero-order valence-electron chi connectivity index (χ0n) is 8.14. The van der Waals surface area contributed by atoms with Crippen LogP contribution < -0.4 is 11.2 Å². The van der Waals surface area contributed by atoms with Gasteiger partial charge in [0, 0.05) is 0 Å². The first-order valence-corrected chi connectivity index (χ1v) is 4.53. The number of aldehydes is 1. The number of nitrogens with zero attached hydrogens (tertiary/aromatic N) is 1. The van der Waals surface area contributed by atoms with E-state index in [2.05, 4.69) is 4.98 Å². The van der Waals surface area contributed by atoms with E-state index in [-0.39, 0.29) is 17.7 Å². The Morgan fingerprint density at radius 3 is 2.81 bits per heavy atom. The van der Waals surface area contributed by atoms with Crippen molar-refractivity contribution in [3.05, 3.63) is 39.0 Å². The average Bonchev–Trinajstić information content (AvgIpc) is 2.26. The first kappa shape index (κ1) is 10.2.